The smallest absolute Gasteiger partial charge is 0.257 e. The Morgan fingerprint density at radius 3 is 2.86 bits per heavy atom. The number of nitrogens with zero attached hydrogens (tertiary/aromatic N) is 3. The number of benzene rings is 1. The molecule has 0 N–H and O–H groups in total. The van der Waals surface area contributed by atoms with Gasteiger partial charge in [0.2, 0.25) is 0 Å². The van der Waals surface area contributed by atoms with Crippen molar-refractivity contribution in [1.29, 1.82) is 0 Å². The summed E-state index contributed by atoms with van der Waals surface area (Å²) in [5, 5.41) is 3.02. The molecule has 2 heterocycles. The standard InChI is InChI=1S/C16H19N3O2S/c1-21-14-6-3-2-5-13(14)15(20)18-8-4-9-19(11-10-18)16-17-7-12-22-16/h2-3,5-7,12H,4,8-11H2,1H3. The van der Waals surface area contributed by atoms with E-state index in [9.17, 15) is 4.79 Å². The van der Waals surface area contributed by atoms with Gasteiger partial charge in [0, 0.05) is 37.8 Å². The van der Waals surface area contributed by atoms with Crippen molar-refractivity contribution in [3.05, 3.63) is 41.4 Å². The molecular formula is C16H19N3O2S. The first kappa shape index (κ1) is 14.8. The molecule has 0 atom stereocenters. The summed E-state index contributed by atoms with van der Waals surface area (Å²) in [4.78, 5) is 21.3. The van der Waals surface area contributed by atoms with E-state index in [1.54, 1.807) is 18.4 Å². The van der Waals surface area contributed by atoms with E-state index in [2.05, 4.69) is 9.88 Å². The first-order valence-corrected chi connectivity index (χ1v) is 8.24. The van der Waals surface area contributed by atoms with Gasteiger partial charge in [0.15, 0.2) is 5.13 Å². The molecule has 0 aliphatic carbocycles. The average molecular weight is 317 g/mol. The first-order chi connectivity index (χ1) is 10.8. The Kier molecular flexibility index (Phi) is 4.58. The summed E-state index contributed by atoms with van der Waals surface area (Å²) >= 11 is 1.64. The van der Waals surface area contributed by atoms with Gasteiger partial charge in [0.05, 0.1) is 12.7 Å². The number of rotatable bonds is 3. The van der Waals surface area contributed by atoms with Crippen LogP contribution in [0.5, 0.6) is 5.75 Å². The second-order valence-corrected chi connectivity index (χ2v) is 6.02. The van der Waals surface area contributed by atoms with Crippen molar-refractivity contribution in [3.8, 4) is 5.75 Å². The third-order valence-corrected chi connectivity index (χ3v) is 4.64. The summed E-state index contributed by atoms with van der Waals surface area (Å²) in [5.74, 6) is 0.673. The number of hydrogen-bond donors (Lipinski definition) is 0. The van der Waals surface area contributed by atoms with Crippen LogP contribution in [0.4, 0.5) is 5.13 Å². The highest BCUT2D eigenvalue weighted by atomic mass is 32.1. The molecule has 1 aliphatic heterocycles. The van der Waals surface area contributed by atoms with Gasteiger partial charge in [-0.3, -0.25) is 4.79 Å². The summed E-state index contributed by atoms with van der Waals surface area (Å²) < 4.78 is 5.30. The monoisotopic (exact) mass is 317 g/mol. The van der Waals surface area contributed by atoms with Crippen LogP contribution in [-0.4, -0.2) is 49.1 Å². The molecule has 1 aromatic carbocycles. The Bertz CT molecular complexity index is 630. The molecule has 0 radical (unpaired) electrons. The molecule has 1 aliphatic rings. The number of anilines is 1. The molecule has 0 spiro atoms. The van der Waals surface area contributed by atoms with E-state index in [0.717, 1.165) is 31.2 Å². The largest absolute Gasteiger partial charge is 0.496 e. The van der Waals surface area contributed by atoms with Gasteiger partial charge in [-0.15, -0.1) is 11.3 Å². The minimum atomic E-state index is 0.0402. The quantitative estimate of drug-likeness (QED) is 0.872. The maximum absolute atomic E-state index is 12.7. The van der Waals surface area contributed by atoms with Gasteiger partial charge < -0.3 is 14.5 Å². The van der Waals surface area contributed by atoms with Gasteiger partial charge in [-0.2, -0.15) is 0 Å². The molecule has 116 valence electrons. The molecule has 1 amide bonds. The van der Waals surface area contributed by atoms with Crippen molar-refractivity contribution in [2.24, 2.45) is 0 Å². The predicted octanol–water partition coefficient (Wildman–Crippen LogP) is 2.50. The molecular weight excluding hydrogens is 298 g/mol. The molecule has 1 fully saturated rings. The molecule has 22 heavy (non-hydrogen) atoms. The van der Waals surface area contributed by atoms with Crippen LogP contribution in [0.15, 0.2) is 35.8 Å². The highest BCUT2D eigenvalue weighted by Crippen LogP contribution is 2.22. The van der Waals surface area contributed by atoms with Crippen LogP contribution in [0.2, 0.25) is 0 Å². The molecule has 5 nitrogen and oxygen atoms in total. The third kappa shape index (κ3) is 3.06. The summed E-state index contributed by atoms with van der Waals surface area (Å²) in [6.07, 6.45) is 2.77. The number of carbonyl (C=O) groups is 1. The number of para-hydroxylation sites is 1. The van der Waals surface area contributed by atoms with E-state index in [-0.39, 0.29) is 5.91 Å². The van der Waals surface area contributed by atoms with Gasteiger partial charge in [0.25, 0.3) is 5.91 Å². The van der Waals surface area contributed by atoms with Gasteiger partial charge in [-0.05, 0) is 18.6 Å². The van der Waals surface area contributed by atoms with Gasteiger partial charge in [0.1, 0.15) is 5.75 Å². The van der Waals surface area contributed by atoms with Crippen molar-refractivity contribution in [1.82, 2.24) is 9.88 Å². The zero-order valence-corrected chi connectivity index (χ0v) is 13.4. The molecule has 2 aromatic rings. The second-order valence-electron chi connectivity index (χ2n) is 5.15. The predicted molar refractivity (Wildman–Crippen MR) is 87.8 cm³/mol. The summed E-state index contributed by atoms with van der Waals surface area (Å²) in [6.45, 7) is 3.22. The van der Waals surface area contributed by atoms with E-state index in [1.807, 2.05) is 40.7 Å². The fraction of sp³-hybridized carbons (Fsp3) is 0.375. The molecule has 1 aromatic heterocycles. The van der Waals surface area contributed by atoms with Crippen LogP contribution in [0.1, 0.15) is 16.8 Å². The van der Waals surface area contributed by atoms with Crippen molar-refractivity contribution >= 4 is 22.4 Å². The number of methoxy groups -OCH3 is 1. The van der Waals surface area contributed by atoms with Crippen LogP contribution >= 0.6 is 11.3 Å². The fourth-order valence-corrected chi connectivity index (χ4v) is 3.37. The zero-order chi connectivity index (χ0) is 15.4. The second kappa shape index (κ2) is 6.79. The number of amides is 1. The Balaban J connectivity index is 1.71. The molecule has 3 rings (SSSR count). The Morgan fingerprint density at radius 2 is 2.09 bits per heavy atom. The Labute approximate surface area is 134 Å². The lowest BCUT2D eigenvalue weighted by Gasteiger charge is -2.22. The van der Waals surface area contributed by atoms with E-state index >= 15 is 0 Å². The van der Waals surface area contributed by atoms with Crippen LogP contribution in [0.3, 0.4) is 0 Å². The summed E-state index contributed by atoms with van der Waals surface area (Å²) in [5.41, 5.74) is 0.632. The van der Waals surface area contributed by atoms with Gasteiger partial charge in [-0.1, -0.05) is 12.1 Å². The maximum Gasteiger partial charge on any atom is 0.257 e. The van der Waals surface area contributed by atoms with Crippen molar-refractivity contribution in [3.63, 3.8) is 0 Å². The molecule has 0 unspecified atom stereocenters. The summed E-state index contributed by atoms with van der Waals surface area (Å²) in [6, 6.07) is 7.40. The average Bonchev–Trinajstić information content (AvgIpc) is 2.99. The Hall–Kier alpha value is -2.08. The number of hydrogen-bond acceptors (Lipinski definition) is 5. The van der Waals surface area contributed by atoms with Crippen molar-refractivity contribution in [2.75, 3.05) is 38.2 Å². The lowest BCUT2D eigenvalue weighted by molar-refractivity contribution is 0.0763. The van der Waals surface area contributed by atoms with Crippen molar-refractivity contribution < 1.29 is 9.53 Å². The molecule has 0 saturated carbocycles. The van der Waals surface area contributed by atoms with Crippen LogP contribution < -0.4 is 9.64 Å². The SMILES string of the molecule is COc1ccccc1C(=O)N1CCCN(c2nccs2)CC1. The number of ether oxygens (including phenoxy) is 1. The van der Waals surface area contributed by atoms with Gasteiger partial charge in [-0.25, -0.2) is 4.98 Å². The zero-order valence-electron chi connectivity index (χ0n) is 12.6. The molecule has 1 saturated heterocycles. The minimum absolute atomic E-state index is 0.0402. The third-order valence-electron chi connectivity index (χ3n) is 3.81. The number of thiazole rings is 1. The minimum Gasteiger partial charge on any atom is -0.496 e. The van der Waals surface area contributed by atoms with Crippen LogP contribution in [-0.2, 0) is 0 Å². The van der Waals surface area contributed by atoms with E-state index in [4.69, 9.17) is 4.74 Å². The highest BCUT2D eigenvalue weighted by molar-refractivity contribution is 7.13. The van der Waals surface area contributed by atoms with Crippen LogP contribution in [0.25, 0.3) is 0 Å². The first-order valence-electron chi connectivity index (χ1n) is 7.36. The van der Waals surface area contributed by atoms with E-state index in [0.29, 0.717) is 17.9 Å². The van der Waals surface area contributed by atoms with Gasteiger partial charge >= 0.3 is 0 Å². The van der Waals surface area contributed by atoms with E-state index < -0.39 is 0 Å². The normalized spacial score (nSPS) is 15.5. The van der Waals surface area contributed by atoms with Crippen LogP contribution in [0, 0.1) is 0 Å². The topological polar surface area (TPSA) is 45.7 Å². The number of aromatic nitrogens is 1. The number of carbonyl (C=O) groups excluding carboxylic acids is 1. The maximum atomic E-state index is 12.7. The summed E-state index contributed by atoms with van der Waals surface area (Å²) in [7, 11) is 1.60. The Morgan fingerprint density at radius 1 is 1.23 bits per heavy atom. The fourth-order valence-electron chi connectivity index (χ4n) is 2.68. The molecule has 6 heteroatoms. The van der Waals surface area contributed by atoms with Crippen molar-refractivity contribution in [2.45, 2.75) is 6.42 Å². The lowest BCUT2D eigenvalue weighted by Crippen LogP contribution is -2.35. The lowest BCUT2D eigenvalue weighted by atomic mass is 10.1. The van der Waals surface area contributed by atoms with E-state index in [1.165, 1.54) is 0 Å². The highest BCUT2D eigenvalue weighted by Gasteiger charge is 2.23. The molecule has 0 bridgehead atoms.